The average Bonchev–Trinajstić information content (AvgIpc) is 2.26. The van der Waals surface area contributed by atoms with Gasteiger partial charge in [-0.2, -0.15) is 0 Å². The van der Waals surface area contributed by atoms with Crippen molar-refractivity contribution in [2.45, 2.75) is 13.8 Å². The molecule has 3 nitrogen and oxygen atoms in total. The fraction of sp³-hybridized carbons (Fsp3) is 0.231. The van der Waals surface area contributed by atoms with Gasteiger partial charge in [0, 0.05) is 18.3 Å². The lowest BCUT2D eigenvalue weighted by molar-refractivity contribution is 1.14. The molecule has 1 aromatic heterocycles. The number of hydrogen-bond donors (Lipinski definition) is 1. The standard InChI is InChI=1S/C13H14N2O/c1-3-14-8-11-7-10-5-4-9(2)6-12(10)15-13(11)16/h4-8H,3H2,1-2H3,(H,15,16). The van der Waals surface area contributed by atoms with Crippen LogP contribution in [0.25, 0.3) is 10.9 Å². The van der Waals surface area contributed by atoms with E-state index < -0.39 is 0 Å². The van der Waals surface area contributed by atoms with Crippen molar-refractivity contribution in [2.75, 3.05) is 6.54 Å². The van der Waals surface area contributed by atoms with Crippen molar-refractivity contribution in [2.24, 2.45) is 4.99 Å². The number of nitrogens with one attached hydrogen (secondary N) is 1. The van der Waals surface area contributed by atoms with Crippen LogP contribution in [-0.2, 0) is 0 Å². The van der Waals surface area contributed by atoms with Crippen molar-refractivity contribution in [1.29, 1.82) is 0 Å². The quantitative estimate of drug-likeness (QED) is 0.766. The number of hydrogen-bond acceptors (Lipinski definition) is 2. The predicted octanol–water partition coefficient (Wildman–Crippen LogP) is 2.28. The van der Waals surface area contributed by atoms with Crippen LogP contribution in [0.4, 0.5) is 0 Å². The molecule has 0 aliphatic rings. The molecule has 0 aliphatic carbocycles. The van der Waals surface area contributed by atoms with Gasteiger partial charge in [0.2, 0.25) is 0 Å². The van der Waals surface area contributed by atoms with E-state index in [-0.39, 0.29) is 5.56 Å². The highest BCUT2D eigenvalue weighted by Gasteiger charge is 2.00. The fourth-order valence-electron chi connectivity index (χ4n) is 1.62. The maximum atomic E-state index is 11.7. The molecule has 0 radical (unpaired) electrons. The first-order chi connectivity index (χ1) is 7.70. The summed E-state index contributed by atoms with van der Waals surface area (Å²) in [6.07, 6.45) is 1.62. The molecule has 1 aromatic carbocycles. The molecule has 1 N–H and O–H groups in total. The van der Waals surface area contributed by atoms with Crippen LogP contribution in [0.1, 0.15) is 18.1 Å². The largest absolute Gasteiger partial charge is 0.321 e. The normalized spacial score (nSPS) is 11.4. The lowest BCUT2D eigenvalue weighted by atomic mass is 10.1. The van der Waals surface area contributed by atoms with E-state index in [1.807, 2.05) is 38.1 Å². The van der Waals surface area contributed by atoms with E-state index in [1.165, 1.54) is 0 Å². The van der Waals surface area contributed by atoms with Crippen molar-refractivity contribution in [3.8, 4) is 0 Å². The smallest absolute Gasteiger partial charge is 0.257 e. The molecule has 0 atom stereocenters. The molecule has 3 heteroatoms. The summed E-state index contributed by atoms with van der Waals surface area (Å²) < 4.78 is 0. The van der Waals surface area contributed by atoms with Gasteiger partial charge >= 0.3 is 0 Å². The molecule has 0 saturated carbocycles. The second-order valence-electron chi connectivity index (χ2n) is 3.77. The van der Waals surface area contributed by atoms with E-state index in [0.717, 1.165) is 16.5 Å². The number of nitrogens with zero attached hydrogens (tertiary/aromatic N) is 1. The SMILES string of the molecule is CCN=Cc1cc2ccc(C)cc2[nH]c1=O. The summed E-state index contributed by atoms with van der Waals surface area (Å²) in [6.45, 7) is 4.63. The maximum Gasteiger partial charge on any atom is 0.257 e. The number of H-pyrrole nitrogens is 1. The van der Waals surface area contributed by atoms with E-state index in [9.17, 15) is 4.79 Å². The Morgan fingerprint density at radius 2 is 2.19 bits per heavy atom. The van der Waals surface area contributed by atoms with Gasteiger partial charge in [-0.25, -0.2) is 0 Å². The second-order valence-corrected chi connectivity index (χ2v) is 3.77. The monoisotopic (exact) mass is 214 g/mol. The first-order valence-corrected chi connectivity index (χ1v) is 5.34. The summed E-state index contributed by atoms with van der Waals surface area (Å²) in [7, 11) is 0. The minimum absolute atomic E-state index is 0.0877. The van der Waals surface area contributed by atoms with E-state index in [0.29, 0.717) is 12.1 Å². The van der Waals surface area contributed by atoms with E-state index in [4.69, 9.17) is 0 Å². The number of aromatic amines is 1. The molecule has 2 aromatic rings. The van der Waals surface area contributed by atoms with Crippen molar-refractivity contribution in [3.05, 3.63) is 45.7 Å². The molecule has 0 amide bonds. The predicted molar refractivity (Wildman–Crippen MR) is 67.4 cm³/mol. The van der Waals surface area contributed by atoms with Gasteiger partial charge in [0.25, 0.3) is 5.56 Å². The van der Waals surface area contributed by atoms with Gasteiger partial charge in [-0.15, -0.1) is 0 Å². The van der Waals surface area contributed by atoms with Gasteiger partial charge < -0.3 is 4.98 Å². The number of aromatic nitrogens is 1. The molecular formula is C13H14N2O. The van der Waals surface area contributed by atoms with Crippen LogP contribution in [0.5, 0.6) is 0 Å². The lowest BCUT2D eigenvalue weighted by Crippen LogP contribution is -2.11. The average molecular weight is 214 g/mol. The number of aryl methyl sites for hydroxylation is 1. The van der Waals surface area contributed by atoms with Crippen LogP contribution in [0.2, 0.25) is 0 Å². The van der Waals surface area contributed by atoms with E-state index in [2.05, 4.69) is 9.98 Å². The van der Waals surface area contributed by atoms with Crippen LogP contribution in [0, 0.1) is 6.92 Å². The second kappa shape index (κ2) is 4.31. The molecule has 1 heterocycles. The molecule has 0 bridgehead atoms. The van der Waals surface area contributed by atoms with Crippen LogP contribution in [0.3, 0.4) is 0 Å². The Morgan fingerprint density at radius 3 is 2.94 bits per heavy atom. The first-order valence-electron chi connectivity index (χ1n) is 5.34. The number of fused-ring (bicyclic) bond motifs is 1. The summed E-state index contributed by atoms with van der Waals surface area (Å²) in [4.78, 5) is 18.6. The highest BCUT2D eigenvalue weighted by Crippen LogP contribution is 2.12. The van der Waals surface area contributed by atoms with Crippen molar-refractivity contribution in [3.63, 3.8) is 0 Å². The number of pyridine rings is 1. The molecule has 0 saturated heterocycles. The number of aliphatic imine (C=N–C) groups is 1. The zero-order valence-corrected chi connectivity index (χ0v) is 9.45. The number of benzene rings is 1. The molecule has 16 heavy (non-hydrogen) atoms. The van der Waals surface area contributed by atoms with Crippen molar-refractivity contribution in [1.82, 2.24) is 4.98 Å². The highest BCUT2D eigenvalue weighted by atomic mass is 16.1. The maximum absolute atomic E-state index is 11.7. The summed E-state index contributed by atoms with van der Waals surface area (Å²) in [5.41, 5.74) is 2.53. The minimum Gasteiger partial charge on any atom is -0.321 e. The zero-order chi connectivity index (χ0) is 11.5. The van der Waals surface area contributed by atoms with Gasteiger partial charge in [-0.3, -0.25) is 9.79 Å². The Labute approximate surface area is 93.8 Å². The summed E-state index contributed by atoms with van der Waals surface area (Å²) >= 11 is 0. The van der Waals surface area contributed by atoms with E-state index >= 15 is 0 Å². The van der Waals surface area contributed by atoms with Gasteiger partial charge in [-0.1, -0.05) is 12.1 Å². The molecule has 0 aliphatic heterocycles. The Morgan fingerprint density at radius 1 is 1.38 bits per heavy atom. The summed E-state index contributed by atoms with van der Waals surface area (Å²) in [5.74, 6) is 0. The first kappa shape index (κ1) is 10.6. The van der Waals surface area contributed by atoms with Gasteiger partial charge in [-0.05, 0) is 36.9 Å². The van der Waals surface area contributed by atoms with Gasteiger partial charge in [0.1, 0.15) is 0 Å². The third-order valence-electron chi connectivity index (χ3n) is 2.44. The third kappa shape index (κ3) is 2.03. The van der Waals surface area contributed by atoms with Crippen LogP contribution in [-0.4, -0.2) is 17.7 Å². The van der Waals surface area contributed by atoms with Crippen LogP contribution in [0.15, 0.2) is 34.1 Å². The molecule has 82 valence electrons. The lowest BCUT2D eigenvalue weighted by Gasteiger charge is -2.00. The molecule has 0 spiro atoms. The summed E-state index contributed by atoms with van der Waals surface area (Å²) in [6, 6.07) is 7.87. The molecule has 2 rings (SSSR count). The summed E-state index contributed by atoms with van der Waals surface area (Å²) in [5, 5.41) is 1.03. The topological polar surface area (TPSA) is 45.2 Å². The van der Waals surface area contributed by atoms with Crippen LogP contribution < -0.4 is 5.56 Å². The van der Waals surface area contributed by atoms with Crippen LogP contribution >= 0.6 is 0 Å². The zero-order valence-electron chi connectivity index (χ0n) is 9.45. The Bertz CT molecular complexity index is 596. The third-order valence-corrected chi connectivity index (χ3v) is 2.44. The van der Waals surface area contributed by atoms with Crippen molar-refractivity contribution >= 4 is 17.1 Å². The van der Waals surface area contributed by atoms with Gasteiger partial charge in [0.05, 0.1) is 5.56 Å². The van der Waals surface area contributed by atoms with Gasteiger partial charge in [0.15, 0.2) is 0 Å². The Hall–Kier alpha value is -1.90. The number of rotatable bonds is 2. The Balaban J connectivity index is 2.63. The Kier molecular flexibility index (Phi) is 2.86. The highest BCUT2D eigenvalue weighted by molar-refractivity contribution is 5.87. The minimum atomic E-state index is -0.0877. The van der Waals surface area contributed by atoms with Crippen molar-refractivity contribution < 1.29 is 0 Å². The van der Waals surface area contributed by atoms with E-state index in [1.54, 1.807) is 6.21 Å². The molecular weight excluding hydrogens is 200 g/mol. The molecule has 0 unspecified atom stereocenters. The molecule has 0 fully saturated rings. The fourth-order valence-corrected chi connectivity index (χ4v) is 1.62.